The van der Waals surface area contributed by atoms with E-state index < -0.39 is 73.9 Å². The van der Waals surface area contributed by atoms with Gasteiger partial charge in [0.15, 0.2) is 11.4 Å². The summed E-state index contributed by atoms with van der Waals surface area (Å²) in [4.78, 5) is 28.8. The number of aromatic nitrogens is 3. The van der Waals surface area contributed by atoms with Crippen LogP contribution in [0, 0.1) is 11.3 Å². The first-order valence-electron chi connectivity index (χ1n) is 13.3. The molecule has 6 N–H and O–H groups in total. The largest absolute Gasteiger partial charge is 0.462 e. The van der Waals surface area contributed by atoms with Crippen LogP contribution in [0.1, 0.15) is 54.2 Å². The summed E-state index contributed by atoms with van der Waals surface area (Å²) in [6, 6.07) is 2.47. The van der Waals surface area contributed by atoms with Crippen LogP contribution in [-0.2, 0) is 38.5 Å². The number of fused-ring (bicyclic) bond motifs is 1. The number of rotatable bonds is 12. The highest BCUT2D eigenvalue weighted by Crippen LogP contribution is 2.49. The average Bonchev–Trinajstić information content (AvgIpc) is 3.42. The van der Waals surface area contributed by atoms with Crippen LogP contribution in [0.3, 0.4) is 0 Å². The van der Waals surface area contributed by atoms with Gasteiger partial charge in [-0.15, -0.1) is 0 Å². The van der Waals surface area contributed by atoms with Crippen molar-refractivity contribution in [3.05, 3.63) is 24.2 Å². The maximum atomic E-state index is 14.0. The number of aliphatic hydroxyl groups excluding tert-OH is 1. The maximum Gasteiger partial charge on any atom is 0.342 e. The molecule has 2 aromatic heterocycles. The Bertz CT molecular complexity index is 1360. The molecule has 0 bridgehead atoms. The van der Waals surface area contributed by atoms with Crippen LogP contribution in [-0.4, -0.2) is 85.5 Å². The summed E-state index contributed by atoms with van der Waals surface area (Å²) < 4.78 is 37.3. The minimum Gasteiger partial charge on any atom is -0.462 e. The van der Waals surface area contributed by atoms with Gasteiger partial charge in [0.05, 0.1) is 24.5 Å². The van der Waals surface area contributed by atoms with Crippen LogP contribution >= 0.6 is 7.67 Å². The lowest BCUT2D eigenvalue weighted by atomic mass is 9.80. The summed E-state index contributed by atoms with van der Waals surface area (Å²) in [5.74, 6) is -1.34. The number of anilines is 1. The lowest BCUT2D eigenvalue weighted by molar-refractivity contribution is -0.149. The van der Waals surface area contributed by atoms with E-state index >= 15 is 0 Å². The molecule has 0 aliphatic carbocycles. The standard InChI is InChI=1S/C25H38N7O9P/c1-13(2)39-22(34)15(5)30-42(37,31-16(6)23(35)40-14(3)4)38-10-18-20(33)25(36,11-26)24(7,41-18)19-9-8-17-21(27)28-12-29-32(17)19/h8-9,12-16,18,20,33,36H,10H2,1-7H3,(H2,27,28,29)(H2,30,31,37)/t15-,16-,18+,20+,24-,25+/m0/s1. The predicted octanol–water partition coefficient (Wildman–Crippen LogP) is 0.525. The number of carbonyl (C=O) groups excluding carboxylic acids is 2. The van der Waals surface area contributed by atoms with Crippen LogP contribution in [0.5, 0.6) is 0 Å². The number of aliphatic hydroxyl groups is 2. The van der Waals surface area contributed by atoms with Gasteiger partial charge in [-0.25, -0.2) is 19.7 Å². The van der Waals surface area contributed by atoms with Gasteiger partial charge in [0, 0.05) is 0 Å². The zero-order valence-electron chi connectivity index (χ0n) is 24.5. The molecule has 0 spiro atoms. The number of hydrogen-bond acceptors (Lipinski definition) is 13. The van der Waals surface area contributed by atoms with Gasteiger partial charge in [0.25, 0.3) is 0 Å². The molecule has 42 heavy (non-hydrogen) atoms. The molecule has 2 aromatic rings. The number of nitrogen functional groups attached to an aromatic ring is 1. The Balaban J connectivity index is 1.90. The number of hydrogen-bond donors (Lipinski definition) is 5. The fourth-order valence-electron chi connectivity index (χ4n) is 4.45. The number of esters is 2. The second-order valence-electron chi connectivity index (χ2n) is 10.7. The monoisotopic (exact) mass is 611 g/mol. The minimum absolute atomic E-state index is 0.132. The van der Waals surface area contributed by atoms with E-state index in [4.69, 9.17) is 24.5 Å². The van der Waals surface area contributed by atoms with E-state index in [1.165, 1.54) is 37.7 Å². The zero-order chi connectivity index (χ0) is 31.6. The van der Waals surface area contributed by atoms with Crippen LogP contribution in [0.15, 0.2) is 18.5 Å². The average molecular weight is 612 g/mol. The number of nitrogens with two attached hydrogens (primary N) is 1. The van der Waals surface area contributed by atoms with E-state index in [2.05, 4.69) is 20.3 Å². The highest BCUT2D eigenvalue weighted by atomic mass is 31.2. The highest BCUT2D eigenvalue weighted by molar-refractivity contribution is 7.54. The number of ether oxygens (including phenoxy) is 3. The molecule has 17 heteroatoms. The second kappa shape index (κ2) is 12.6. The summed E-state index contributed by atoms with van der Waals surface area (Å²) in [6.45, 7) is 10.1. The van der Waals surface area contributed by atoms with E-state index in [9.17, 15) is 29.6 Å². The Morgan fingerprint density at radius 2 is 1.71 bits per heavy atom. The second-order valence-corrected chi connectivity index (χ2v) is 12.6. The van der Waals surface area contributed by atoms with Crippen LogP contribution in [0.4, 0.5) is 5.82 Å². The normalized spacial score (nSPS) is 25.9. The molecule has 0 aromatic carbocycles. The van der Waals surface area contributed by atoms with E-state index in [1.54, 1.807) is 39.8 Å². The van der Waals surface area contributed by atoms with Crippen molar-refractivity contribution in [2.75, 3.05) is 12.3 Å². The molecular formula is C25H38N7O9P. The molecule has 0 radical (unpaired) electrons. The Kier molecular flexibility index (Phi) is 10.0. The van der Waals surface area contributed by atoms with Crippen LogP contribution in [0.2, 0.25) is 0 Å². The summed E-state index contributed by atoms with van der Waals surface area (Å²) in [5, 5.41) is 41.6. The molecule has 0 saturated carbocycles. The smallest absolute Gasteiger partial charge is 0.342 e. The van der Waals surface area contributed by atoms with Gasteiger partial charge in [-0.1, -0.05) is 0 Å². The van der Waals surface area contributed by atoms with Crippen molar-refractivity contribution in [3.8, 4) is 6.07 Å². The van der Waals surface area contributed by atoms with Crippen molar-refractivity contribution in [3.63, 3.8) is 0 Å². The zero-order valence-corrected chi connectivity index (χ0v) is 25.4. The first-order valence-corrected chi connectivity index (χ1v) is 14.9. The Labute approximate surface area is 243 Å². The summed E-state index contributed by atoms with van der Waals surface area (Å²) in [5.41, 5.74) is 2.05. The van der Waals surface area contributed by atoms with Crippen molar-refractivity contribution in [2.45, 2.75) is 96.2 Å². The molecule has 16 nitrogen and oxygen atoms in total. The third kappa shape index (κ3) is 6.57. The van der Waals surface area contributed by atoms with Crippen molar-refractivity contribution < 1.29 is 43.1 Å². The summed E-state index contributed by atoms with van der Waals surface area (Å²) in [6.07, 6.45) is -3.01. The Morgan fingerprint density at radius 1 is 1.17 bits per heavy atom. The molecule has 1 aliphatic rings. The number of nitriles is 1. The molecule has 0 amide bonds. The maximum absolute atomic E-state index is 14.0. The topological polar surface area (TPSA) is 233 Å². The van der Waals surface area contributed by atoms with E-state index in [1.807, 2.05) is 0 Å². The summed E-state index contributed by atoms with van der Waals surface area (Å²) >= 11 is 0. The fraction of sp³-hybridized carbons (Fsp3) is 0.640. The molecule has 232 valence electrons. The fourth-order valence-corrected chi connectivity index (χ4v) is 6.26. The number of carbonyl (C=O) groups is 2. The molecule has 3 rings (SSSR count). The third-order valence-corrected chi connectivity index (χ3v) is 8.56. The molecule has 1 saturated heterocycles. The molecule has 6 atom stereocenters. The first kappa shape index (κ1) is 33.3. The SMILES string of the molecule is CC(C)OC(=O)[C@H](C)NP(=O)(N[C@@H](C)C(=O)OC(C)C)OC[C@H]1O[C@@](C)(c2ccc3c(N)ncnn23)[C@@](O)(C#N)[C@@H]1O. The quantitative estimate of drug-likeness (QED) is 0.125. The molecule has 1 aliphatic heterocycles. The van der Waals surface area contributed by atoms with Crippen molar-refractivity contribution >= 4 is 30.9 Å². The first-order chi connectivity index (χ1) is 19.5. The van der Waals surface area contributed by atoms with Gasteiger partial charge in [0.2, 0.25) is 5.60 Å². The minimum atomic E-state index is -4.30. The van der Waals surface area contributed by atoms with Gasteiger partial charge in [-0.3, -0.25) is 14.2 Å². The van der Waals surface area contributed by atoms with Gasteiger partial charge >= 0.3 is 19.6 Å². The number of nitrogens with zero attached hydrogens (tertiary/aromatic N) is 4. The van der Waals surface area contributed by atoms with E-state index in [0.29, 0.717) is 5.52 Å². The number of nitrogens with one attached hydrogen (secondary N) is 2. The van der Waals surface area contributed by atoms with Crippen molar-refractivity contribution in [2.24, 2.45) is 0 Å². The van der Waals surface area contributed by atoms with E-state index in [-0.39, 0.29) is 11.5 Å². The summed E-state index contributed by atoms with van der Waals surface area (Å²) in [7, 11) is -4.30. The molecule has 1 fully saturated rings. The van der Waals surface area contributed by atoms with Crippen LogP contribution < -0.4 is 15.9 Å². The van der Waals surface area contributed by atoms with Gasteiger partial charge in [-0.2, -0.15) is 10.4 Å². The lowest BCUT2D eigenvalue weighted by Crippen LogP contribution is -2.52. The molecule has 0 unspecified atom stereocenters. The van der Waals surface area contributed by atoms with Crippen LogP contribution in [0.25, 0.3) is 5.52 Å². The predicted molar refractivity (Wildman–Crippen MR) is 147 cm³/mol. The molecule has 3 heterocycles. The lowest BCUT2D eigenvalue weighted by Gasteiger charge is -2.33. The van der Waals surface area contributed by atoms with Crippen molar-refractivity contribution in [1.29, 1.82) is 5.26 Å². The third-order valence-electron chi connectivity index (χ3n) is 6.59. The van der Waals surface area contributed by atoms with Gasteiger partial charge in [-0.05, 0) is 60.6 Å². The van der Waals surface area contributed by atoms with Gasteiger partial charge < -0.3 is 34.7 Å². The Hall–Kier alpha value is -3.16. The molecular weight excluding hydrogens is 573 g/mol. The van der Waals surface area contributed by atoms with Crippen molar-refractivity contribution in [1.82, 2.24) is 24.8 Å². The Morgan fingerprint density at radius 3 is 2.21 bits per heavy atom. The van der Waals surface area contributed by atoms with Gasteiger partial charge in [0.1, 0.15) is 42.2 Å². The van der Waals surface area contributed by atoms with E-state index in [0.717, 1.165) is 0 Å². The highest BCUT2D eigenvalue weighted by Gasteiger charge is 2.65.